The molecule has 0 bridgehead atoms. The maximum Gasteiger partial charge on any atom is 0.266 e. The first-order chi connectivity index (χ1) is 9.31. The maximum atomic E-state index is 12.5. The SMILES string of the molecule is Nc1ccc(F)c(C(F)F)c1.Nc1ccc(F)c(Cl)c1. The topological polar surface area (TPSA) is 52.0 Å². The normalized spacial score (nSPS) is 10.1. The number of hydrogen-bond acceptors (Lipinski definition) is 2. The Hall–Kier alpha value is -1.95. The minimum Gasteiger partial charge on any atom is -0.399 e. The van der Waals surface area contributed by atoms with Crippen LogP contribution in [-0.2, 0) is 0 Å². The first-order valence-electron chi connectivity index (χ1n) is 5.35. The number of benzene rings is 2. The van der Waals surface area contributed by atoms with E-state index < -0.39 is 23.6 Å². The number of hydrogen-bond donors (Lipinski definition) is 2. The highest BCUT2D eigenvalue weighted by Crippen LogP contribution is 2.23. The molecule has 0 unspecified atom stereocenters. The lowest BCUT2D eigenvalue weighted by Gasteiger charge is -2.01. The van der Waals surface area contributed by atoms with Crippen LogP contribution in [0.1, 0.15) is 12.0 Å². The van der Waals surface area contributed by atoms with Crippen molar-refractivity contribution in [3.8, 4) is 0 Å². The molecule has 0 aliphatic rings. The number of rotatable bonds is 1. The summed E-state index contributed by atoms with van der Waals surface area (Å²) in [4.78, 5) is 0. The largest absolute Gasteiger partial charge is 0.399 e. The first-order valence-corrected chi connectivity index (χ1v) is 5.72. The average Bonchev–Trinajstić information content (AvgIpc) is 2.38. The number of nitrogen functional groups attached to an aromatic ring is 2. The summed E-state index contributed by atoms with van der Waals surface area (Å²) in [7, 11) is 0. The Kier molecular flexibility index (Phi) is 5.64. The summed E-state index contributed by atoms with van der Waals surface area (Å²) < 4.78 is 48.6. The van der Waals surface area contributed by atoms with E-state index in [1.165, 1.54) is 24.3 Å². The molecule has 0 aliphatic carbocycles. The summed E-state index contributed by atoms with van der Waals surface area (Å²) in [5, 5.41) is 0.0648. The summed E-state index contributed by atoms with van der Waals surface area (Å²) in [6.45, 7) is 0. The molecule has 0 aromatic heterocycles. The third kappa shape index (κ3) is 4.62. The number of halogens is 5. The van der Waals surface area contributed by atoms with Crippen molar-refractivity contribution in [2.45, 2.75) is 6.43 Å². The van der Waals surface area contributed by atoms with Gasteiger partial charge in [0.2, 0.25) is 0 Å². The third-order valence-corrected chi connectivity index (χ3v) is 2.49. The van der Waals surface area contributed by atoms with Gasteiger partial charge in [0.25, 0.3) is 6.43 Å². The molecule has 2 aromatic rings. The fourth-order valence-electron chi connectivity index (χ4n) is 1.24. The third-order valence-electron chi connectivity index (χ3n) is 2.20. The van der Waals surface area contributed by atoms with Gasteiger partial charge in [-0.1, -0.05) is 11.6 Å². The van der Waals surface area contributed by atoms with E-state index in [4.69, 9.17) is 23.1 Å². The van der Waals surface area contributed by atoms with Crippen molar-refractivity contribution in [3.63, 3.8) is 0 Å². The van der Waals surface area contributed by atoms with E-state index in [1.807, 2.05) is 0 Å². The summed E-state index contributed by atoms with van der Waals surface area (Å²) in [5.74, 6) is -1.36. The molecular weight excluding hydrogens is 296 g/mol. The van der Waals surface area contributed by atoms with Crippen molar-refractivity contribution < 1.29 is 17.6 Å². The zero-order valence-corrected chi connectivity index (χ0v) is 10.8. The molecule has 0 saturated carbocycles. The lowest BCUT2D eigenvalue weighted by atomic mass is 10.2. The minimum absolute atomic E-state index is 0.0648. The quantitative estimate of drug-likeness (QED) is 0.606. The molecule has 0 fully saturated rings. The second-order valence-electron chi connectivity index (χ2n) is 3.76. The highest BCUT2D eigenvalue weighted by molar-refractivity contribution is 6.31. The summed E-state index contributed by atoms with van der Waals surface area (Å²) in [5.41, 5.74) is 10.4. The number of nitrogens with two attached hydrogens (primary N) is 2. The predicted molar refractivity (Wildman–Crippen MR) is 71.6 cm³/mol. The number of anilines is 2. The van der Waals surface area contributed by atoms with Gasteiger partial charge >= 0.3 is 0 Å². The van der Waals surface area contributed by atoms with Crippen LogP contribution in [0.3, 0.4) is 0 Å². The zero-order chi connectivity index (χ0) is 15.3. The van der Waals surface area contributed by atoms with E-state index in [9.17, 15) is 17.6 Å². The van der Waals surface area contributed by atoms with E-state index in [1.54, 1.807) is 0 Å². The predicted octanol–water partition coefficient (Wildman–Crippen LogP) is 4.41. The van der Waals surface area contributed by atoms with Gasteiger partial charge in [0.1, 0.15) is 11.6 Å². The van der Waals surface area contributed by atoms with Gasteiger partial charge in [-0.25, -0.2) is 17.6 Å². The molecule has 0 spiro atoms. The fraction of sp³-hybridized carbons (Fsp3) is 0.0769. The standard InChI is InChI=1S/C7H6F3N.C6H5ClFN/c8-6-2-1-4(11)3-5(6)7(9)10;7-5-3-4(9)1-2-6(5)8/h1-3,7H,11H2;1-3H,9H2. The van der Waals surface area contributed by atoms with E-state index in [2.05, 4.69) is 0 Å². The van der Waals surface area contributed by atoms with E-state index >= 15 is 0 Å². The molecule has 0 atom stereocenters. The van der Waals surface area contributed by atoms with Crippen LogP contribution in [0.4, 0.5) is 28.9 Å². The van der Waals surface area contributed by atoms with Crippen LogP contribution in [0.15, 0.2) is 36.4 Å². The lowest BCUT2D eigenvalue weighted by molar-refractivity contribution is 0.146. The molecule has 0 radical (unpaired) electrons. The van der Waals surface area contributed by atoms with Crippen molar-refractivity contribution in [2.24, 2.45) is 0 Å². The highest BCUT2D eigenvalue weighted by atomic mass is 35.5. The monoisotopic (exact) mass is 306 g/mol. The van der Waals surface area contributed by atoms with Crippen LogP contribution in [0.2, 0.25) is 5.02 Å². The van der Waals surface area contributed by atoms with Gasteiger partial charge in [-0.3, -0.25) is 0 Å². The molecular formula is C13H11ClF4N2. The molecule has 7 heteroatoms. The molecule has 2 aromatic carbocycles. The van der Waals surface area contributed by atoms with Gasteiger partial charge in [0, 0.05) is 11.4 Å². The van der Waals surface area contributed by atoms with Crippen molar-refractivity contribution in [2.75, 3.05) is 11.5 Å². The minimum atomic E-state index is -2.81. The van der Waals surface area contributed by atoms with E-state index in [0.29, 0.717) is 5.69 Å². The second-order valence-corrected chi connectivity index (χ2v) is 4.16. The Balaban J connectivity index is 0.000000204. The Morgan fingerprint density at radius 3 is 1.75 bits per heavy atom. The summed E-state index contributed by atoms with van der Waals surface area (Å²) >= 11 is 5.36. The zero-order valence-electron chi connectivity index (χ0n) is 10.1. The second kappa shape index (κ2) is 7.00. The van der Waals surface area contributed by atoms with Crippen molar-refractivity contribution in [1.29, 1.82) is 0 Å². The number of alkyl halides is 2. The van der Waals surface area contributed by atoms with Gasteiger partial charge in [-0.2, -0.15) is 0 Å². The lowest BCUT2D eigenvalue weighted by Crippen LogP contribution is -1.93. The Morgan fingerprint density at radius 1 is 0.850 bits per heavy atom. The van der Waals surface area contributed by atoms with Crippen LogP contribution in [0.25, 0.3) is 0 Å². The molecule has 0 amide bonds. The molecule has 2 nitrogen and oxygen atoms in total. The van der Waals surface area contributed by atoms with Gasteiger partial charge < -0.3 is 11.5 Å². The molecule has 0 saturated heterocycles. The van der Waals surface area contributed by atoms with E-state index in [0.717, 1.165) is 12.1 Å². The molecule has 0 aliphatic heterocycles. The van der Waals surface area contributed by atoms with Gasteiger partial charge in [-0.15, -0.1) is 0 Å². The van der Waals surface area contributed by atoms with Gasteiger partial charge in [0.15, 0.2) is 0 Å². The van der Waals surface area contributed by atoms with Crippen LogP contribution in [0, 0.1) is 11.6 Å². The molecule has 20 heavy (non-hydrogen) atoms. The summed E-state index contributed by atoms with van der Waals surface area (Å²) in [6.07, 6.45) is -2.81. The van der Waals surface area contributed by atoms with Gasteiger partial charge in [0.05, 0.1) is 10.6 Å². The molecule has 2 rings (SSSR count). The van der Waals surface area contributed by atoms with Crippen LogP contribution >= 0.6 is 11.6 Å². The highest BCUT2D eigenvalue weighted by Gasteiger charge is 2.12. The van der Waals surface area contributed by atoms with Crippen LogP contribution in [0.5, 0.6) is 0 Å². The maximum absolute atomic E-state index is 12.5. The van der Waals surface area contributed by atoms with E-state index in [-0.39, 0.29) is 10.7 Å². The molecule has 0 heterocycles. The molecule has 108 valence electrons. The van der Waals surface area contributed by atoms with Crippen molar-refractivity contribution in [3.05, 3.63) is 58.6 Å². The average molecular weight is 307 g/mol. The van der Waals surface area contributed by atoms with Crippen LogP contribution < -0.4 is 11.5 Å². The van der Waals surface area contributed by atoms with Crippen molar-refractivity contribution >= 4 is 23.0 Å². The smallest absolute Gasteiger partial charge is 0.266 e. The molecule has 4 N–H and O–H groups in total. The van der Waals surface area contributed by atoms with Gasteiger partial charge in [-0.05, 0) is 36.4 Å². The van der Waals surface area contributed by atoms with Crippen LogP contribution in [-0.4, -0.2) is 0 Å². The fourth-order valence-corrected chi connectivity index (χ4v) is 1.43. The summed E-state index contributed by atoms with van der Waals surface area (Å²) in [6, 6.07) is 7.16. The Labute approximate surface area is 118 Å². The Bertz CT molecular complexity index is 591. The first kappa shape index (κ1) is 16.1. The van der Waals surface area contributed by atoms with Crippen molar-refractivity contribution in [1.82, 2.24) is 0 Å². The Morgan fingerprint density at radius 2 is 1.35 bits per heavy atom.